The number of alkyl halides is 1. The van der Waals surface area contributed by atoms with E-state index in [1.807, 2.05) is 0 Å². The van der Waals surface area contributed by atoms with Gasteiger partial charge in [-0.1, -0.05) is 54.3 Å². The van der Waals surface area contributed by atoms with Crippen LogP contribution in [0.2, 0.25) is 18.1 Å². The predicted octanol–water partition coefficient (Wildman–Crippen LogP) is 3.82. The normalized spacial score (nSPS) is 31.0. The molecule has 1 saturated heterocycles. The molecule has 0 nitrogen and oxygen atoms in total. The van der Waals surface area contributed by atoms with Crippen molar-refractivity contribution in [3.05, 3.63) is 0 Å². The van der Waals surface area contributed by atoms with E-state index in [0.29, 0.717) is 0 Å². The topological polar surface area (TPSA) is 0 Å². The van der Waals surface area contributed by atoms with E-state index in [1.165, 1.54) is 19.3 Å². The average molecular weight is 249 g/mol. The highest BCUT2D eigenvalue weighted by atomic mass is 79.9. The summed E-state index contributed by atoms with van der Waals surface area (Å²) in [5.41, 5.74) is 0. The first-order valence-corrected chi connectivity index (χ1v) is 8.69. The molecule has 0 aromatic rings. The van der Waals surface area contributed by atoms with Gasteiger partial charge in [0, 0.05) is 13.6 Å². The van der Waals surface area contributed by atoms with E-state index in [0.717, 1.165) is 10.7 Å². The SMILES string of the molecule is CC(C)CC[SiH]1CCC(Br)CC1. The van der Waals surface area contributed by atoms with Crippen LogP contribution in [0.15, 0.2) is 0 Å². The minimum Gasteiger partial charge on any atom is -0.0891 e. The molecule has 1 aliphatic heterocycles. The lowest BCUT2D eigenvalue weighted by atomic mass is 10.2. The summed E-state index contributed by atoms with van der Waals surface area (Å²) in [7, 11) is -0.251. The molecule has 0 bridgehead atoms. The second kappa shape index (κ2) is 5.43. The van der Waals surface area contributed by atoms with Crippen LogP contribution in [0.3, 0.4) is 0 Å². The summed E-state index contributed by atoms with van der Waals surface area (Å²) >= 11 is 3.72. The molecule has 1 aliphatic rings. The maximum atomic E-state index is 3.72. The van der Waals surface area contributed by atoms with Crippen LogP contribution in [0.5, 0.6) is 0 Å². The molecule has 0 saturated carbocycles. The number of rotatable bonds is 3. The van der Waals surface area contributed by atoms with Crippen LogP contribution in [0, 0.1) is 5.92 Å². The maximum Gasteiger partial charge on any atom is 0.0368 e. The third-order valence-electron chi connectivity index (χ3n) is 2.93. The molecule has 72 valence electrons. The van der Waals surface area contributed by atoms with E-state index in [2.05, 4.69) is 29.8 Å². The summed E-state index contributed by atoms with van der Waals surface area (Å²) in [6.07, 6.45) is 4.42. The van der Waals surface area contributed by atoms with Gasteiger partial charge in [0.2, 0.25) is 0 Å². The third kappa shape index (κ3) is 4.08. The van der Waals surface area contributed by atoms with E-state index >= 15 is 0 Å². The zero-order chi connectivity index (χ0) is 8.97. The molecule has 12 heavy (non-hydrogen) atoms. The molecule has 1 rings (SSSR count). The molecular weight excluding hydrogens is 228 g/mol. The van der Waals surface area contributed by atoms with Gasteiger partial charge in [0.05, 0.1) is 0 Å². The van der Waals surface area contributed by atoms with Crippen molar-refractivity contribution in [3.63, 3.8) is 0 Å². The van der Waals surface area contributed by atoms with Gasteiger partial charge in [0.15, 0.2) is 0 Å². The van der Waals surface area contributed by atoms with Crippen molar-refractivity contribution in [1.82, 2.24) is 0 Å². The molecule has 0 aromatic heterocycles. The van der Waals surface area contributed by atoms with Crippen molar-refractivity contribution < 1.29 is 0 Å². The molecule has 1 fully saturated rings. The van der Waals surface area contributed by atoms with E-state index in [1.54, 1.807) is 18.1 Å². The van der Waals surface area contributed by atoms with E-state index < -0.39 is 0 Å². The van der Waals surface area contributed by atoms with Crippen LogP contribution in [-0.2, 0) is 0 Å². The quantitative estimate of drug-likeness (QED) is 0.527. The predicted molar refractivity (Wildman–Crippen MR) is 63.0 cm³/mol. The summed E-state index contributed by atoms with van der Waals surface area (Å²) in [5.74, 6) is 0.930. The fourth-order valence-electron chi connectivity index (χ4n) is 1.98. The van der Waals surface area contributed by atoms with Crippen LogP contribution in [0.1, 0.15) is 33.1 Å². The first-order chi connectivity index (χ1) is 5.68. The lowest BCUT2D eigenvalue weighted by Crippen LogP contribution is -2.21. The Morgan fingerprint density at radius 2 is 1.92 bits per heavy atom. The number of hydrogen-bond donors (Lipinski definition) is 0. The summed E-state index contributed by atoms with van der Waals surface area (Å²) in [4.78, 5) is 0.861. The van der Waals surface area contributed by atoms with Gasteiger partial charge in [0.25, 0.3) is 0 Å². The van der Waals surface area contributed by atoms with Gasteiger partial charge < -0.3 is 0 Å². The summed E-state index contributed by atoms with van der Waals surface area (Å²) in [6.45, 7) is 4.70. The third-order valence-corrected chi connectivity index (χ3v) is 7.29. The van der Waals surface area contributed by atoms with Gasteiger partial charge in [-0.05, 0) is 18.8 Å². The Labute approximate surface area is 86.9 Å². The second-order valence-corrected chi connectivity index (χ2v) is 9.35. The molecule has 0 amide bonds. The van der Waals surface area contributed by atoms with E-state index in [-0.39, 0.29) is 8.80 Å². The van der Waals surface area contributed by atoms with Crippen molar-refractivity contribution in [2.24, 2.45) is 5.92 Å². The van der Waals surface area contributed by atoms with Crippen molar-refractivity contribution in [2.75, 3.05) is 0 Å². The van der Waals surface area contributed by atoms with Crippen LogP contribution in [-0.4, -0.2) is 13.6 Å². The standard InChI is InChI=1S/C10H21BrSi/c1-9(2)3-6-12-7-4-10(11)5-8-12/h9-10,12H,3-8H2,1-2H3. The smallest absolute Gasteiger partial charge is 0.0368 e. The lowest BCUT2D eigenvalue weighted by molar-refractivity contribution is 0.615. The van der Waals surface area contributed by atoms with Crippen molar-refractivity contribution in [1.29, 1.82) is 0 Å². The van der Waals surface area contributed by atoms with Crippen molar-refractivity contribution >= 4 is 24.7 Å². The molecule has 2 heteroatoms. The largest absolute Gasteiger partial charge is 0.0891 e. The van der Waals surface area contributed by atoms with Crippen LogP contribution in [0.25, 0.3) is 0 Å². The average Bonchev–Trinajstić information content (AvgIpc) is 2.03. The van der Waals surface area contributed by atoms with Gasteiger partial charge in [-0.3, -0.25) is 0 Å². The zero-order valence-corrected chi connectivity index (χ0v) is 11.1. The van der Waals surface area contributed by atoms with Gasteiger partial charge >= 0.3 is 0 Å². The Kier molecular flexibility index (Phi) is 4.88. The van der Waals surface area contributed by atoms with Gasteiger partial charge in [0.1, 0.15) is 0 Å². The summed E-state index contributed by atoms with van der Waals surface area (Å²) in [5, 5.41) is 0. The Balaban J connectivity index is 2.09. The highest BCUT2D eigenvalue weighted by molar-refractivity contribution is 9.09. The number of halogens is 1. The molecule has 1 heterocycles. The first kappa shape index (κ1) is 10.8. The van der Waals surface area contributed by atoms with E-state index in [4.69, 9.17) is 0 Å². The fraction of sp³-hybridized carbons (Fsp3) is 1.00. The highest BCUT2D eigenvalue weighted by Crippen LogP contribution is 2.28. The Hall–Kier alpha value is 0.697. The second-order valence-electron chi connectivity index (χ2n) is 4.59. The van der Waals surface area contributed by atoms with Crippen molar-refractivity contribution in [3.8, 4) is 0 Å². The molecule has 0 spiro atoms. The Bertz CT molecular complexity index is 117. The lowest BCUT2D eigenvalue weighted by Gasteiger charge is -2.24. The minimum absolute atomic E-state index is 0.251. The van der Waals surface area contributed by atoms with Gasteiger partial charge in [-0.15, -0.1) is 0 Å². The molecule has 0 aliphatic carbocycles. The molecule has 0 aromatic carbocycles. The van der Waals surface area contributed by atoms with E-state index in [9.17, 15) is 0 Å². The minimum atomic E-state index is -0.251. The summed E-state index contributed by atoms with van der Waals surface area (Å²) < 4.78 is 0. The Morgan fingerprint density at radius 3 is 2.42 bits per heavy atom. The maximum absolute atomic E-state index is 3.72. The zero-order valence-electron chi connectivity index (χ0n) is 8.35. The molecule has 0 N–H and O–H groups in total. The highest BCUT2D eigenvalue weighted by Gasteiger charge is 2.19. The summed E-state index contributed by atoms with van der Waals surface area (Å²) in [6, 6.07) is 4.81. The molecular formula is C10H21BrSi. The monoisotopic (exact) mass is 248 g/mol. The Morgan fingerprint density at radius 1 is 1.33 bits per heavy atom. The first-order valence-electron chi connectivity index (χ1n) is 5.32. The molecule has 0 unspecified atom stereocenters. The van der Waals surface area contributed by atoms with Crippen molar-refractivity contribution in [2.45, 2.75) is 56.1 Å². The van der Waals surface area contributed by atoms with Gasteiger partial charge in [-0.2, -0.15) is 0 Å². The van der Waals surface area contributed by atoms with Gasteiger partial charge in [-0.25, -0.2) is 0 Å². The number of hydrogen-bond acceptors (Lipinski definition) is 0. The fourth-order valence-corrected chi connectivity index (χ4v) is 7.24. The van der Waals surface area contributed by atoms with Crippen LogP contribution >= 0.6 is 15.9 Å². The van der Waals surface area contributed by atoms with Crippen LogP contribution < -0.4 is 0 Å². The molecule has 0 radical (unpaired) electrons. The van der Waals surface area contributed by atoms with Crippen LogP contribution in [0.4, 0.5) is 0 Å². The molecule has 0 atom stereocenters.